The van der Waals surface area contributed by atoms with Crippen molar-refractivity contribution in [3.8, 4) is 11.5 Å². The quantitative estimate of drug-likeness (QED) is 0.906. The van der Waals surface area contributed by atoms with Crippen LogP contribution in [-0.4, -0.2) is 27.5 Å². The monoisotopic (exact) mass is 343 g/mol. The summed E-state index contributed by atoms with van der Waals surface area (Å²) in [6, 6.07) is 9.85. The number of carbonyl (C=O) groups is 1. The number of rotatable bonds is 2. The van der Waals surface area contributed by atoms with Crippen molar-refractivity contribution in [3.63, 3.8) is 0 Å². The highest BCUT2D eigenvalue weighted by Gasteiger charge is 2.23. The number of sulfone groups is 1. The molecule has 2 aliphatic rings. The van der Waals surface area contributed by atoms with Crippen LogP contribution in [0.3, 0.4) is 0 Å². The Morgan fingerprint density at radius 3 is 2.79 bits per heavy atom. The number of nitrogens with one attached hydrogen (secondary N) is 1. The molecule has 4 rings (SSSR count). The van der Waals surface area contributed by atoms with Gasteiger partial charge in [0.25, 0.3) is 5.91 Å². The van der Waals surface area contributed by atoms with Crippen molar-refractivity contribution in [2.75, 3.05) is 18.5 Å². The highest BCUT2D eigenvalue weighted by Crippen LogP contribution is 2.34. The summed E-state index contributed by atoms with van der Waals surface area (Å²) in [7, 11) is -3.42. The summed E-state index contributed by atoms with van der Waals surface area (Å²) >= 11 is 0. The van der Waals surface area contributed by atoms with E-state index < -0.39 is 9.84 Å². The van der Waals surface area contributed by atoms with Crippen molar-refractivity contribution in [2.24, 2.45) is 0 Å². The first-order valence-electron chi connectivity index (χ1n) is 7.32. The van der Waals surface area contributed by atoms with E-state index in [-0.39, 0.29) is 10.8 Å². The van der Waals surface area contributed by atoms with Crippen molar-refractivity contribution < 1.29 is 22.7 Å². The fourth-order valence-corrected chi connectivity index (χ4v) is 3.91. The molecule has 1 N–H and O–H groups in total. The SMILES string of the molecule is O=C(Nc1ccc2c(c1)S(=O)(=O)C=C2)c1cccc2c1OCCO2. The van der Waals surface area contributed by atoms with Crippen LogP contribution in [0.15, 0.2) is 46.7 Å². The Kier molecular flexibility index (Phi) is 3.31. The number of hydrogen-bond donors (Lipinski definition) is 1. The maximum atomic E-state index is 12.5. The lowest BCUT2D eigenvalue weighted by Gasteiger charge is -2.20. The zero-order chi connectivity index (χ0) is 16.7. The zero-order valence-corrected chi connectivity index (χ0v) is 13.3. The molecule has 0 atom stereocenters. The molecule has 0 unspecified atom stereocenters. The lowest BCUT2D eigenvalue weighted by Crippen LogP contribution is -2.20. The van der Waals surface area contributed by atoms with Crippen LogP contribution in [0.25, 0.3) is 6.08 Å². The molecule has 2 aliphatic heterocycles. The third-order valence-electron chi connectivity index (χ3n) is 3.82. The minimum Gasteiger partial charge on any atom is -0.486 e. The summed E-state index contributed by atoms with van der Waals surface area (Å²) in [5.74, 6) is 0.534. The number of anilines is 1. The van der Waals surface area contributed by atoms with Crippen LogP contribution < -0.4 is 14.8 Å². The fourth-order valence-electron chi connectivity index (χ4n) is 2.68. The fraction of sp³-hybridized carbons (Fsp3) is 0.118. The predicted molar refractivity (Wildman–Crippen MR) is 88.0 cm³/mol. The molecule has 0 aliphatic carbocycles. The molecule has 2 aromatic rings. The van der Waals surface area contributed by atoms with E-state index in [1.807, 2.05) is 0 Å². The van der Waals surface area contributed by atoms with E-state index in [0.717, 1.165) is 5.41 Å². The van der Waals surface area contributed by atoms with E-state index in [1.165, 1.54) is 12.1 Å². The second-order valence-electron chi connectivity index (χ2n) is 5.38. The van der Waals surface area contributed by atoms with Gasteiger partial charge in [0.05, 0.1) is 10.5 Å². The van der Waals surface area contributed by atoms with Crippen LogP contribution in [0.5, 0.6) is 11.5 Å². The molecule has 6 nitrogen and oxygen atoms in total. The Morgan fingerprint density at radius 2 is 1.92 bits per heavy atom. The molecule has 0 spiro atoms. The second kappa shape index (κ2) is 5.38. The van der Waals surface area contributed by atoms with Gasteiger partial charge in [-0.2, -0.15) is 0 Å². The number of fused-ring (bicyclic) bond motifs is 2. The number of carbonyl (C=O) groups excluding carboxylic acids is 1. The summed E-state index contributed by atoms with van der Waals surface area (Å²) in [4.78, 5) is 12.7. The number of para-hydroxylation sites is 1. The van der Waals surface area contributed by atoms with Gasteiger partial charge in [0.15, 0.2) is 11.5 Å². The van der Waals surface area contributed by atoms with Gasteiger partial charge in [0, 0.05) is 11.1 Å². The molecule has 0 saturated heterocycles. The molecular formula is C17H13NO5S. The Bertz CT molecular complexity index is 978. The van der Waals surface area contributed by atoms with Crippen LogP contribution in [0.1, 0.15) is 15.9 Å². The minimum atomic E-state index is -3.42. The summed E-state index contributed by atoms with van der Waals surface area (Å²) < 4.78 is 34.8. The van der Waals surface area contributed by atoms with Crippen LogP contribution in [0.2, 0.25) is 0 Å². The topological polar surface area (TPSA) is 81.7 Å². The number of ether oxygens (including phenoxy) is 2. The van der Waals surface area contributed by atoms with Crippen LogP contribution in [-0.2, 0) is 9.84 Å². The maximum absolute atomic E-state index is 12.5. The summed E-state index contributed by atoms with van der Waals surface area (Å²) in [5, 5.41) is 3.86. The van der Waals surface area contributed by atoms with Crippen molar-refractivity contribution in [1.29, 1.82) is 0 Å². The minimum absolute atomic E-state index is 0.190. The first kappa shape index (κ1) is 14.8. The van der Waals surface area contributed by atoms with Gasteiger partial charge in [-0.15, -0.1) is 0 Å². The molecule has 0 radical (unpaired) electrons. The Balaban J connectivity index is 1.65. The highest BCUT2D eigenvalue weighted by molar-refractivity contribution is 7.94. The van der Waals surface area contributed by atoms with Gasteiger partial charge in [-0.3, -0.25) is 4.79 Å². The first-order chi connectivity index (χ1) is 11.5. The summed E-state index contributed by atoms with van der Waals surface area (Å²) in [5.41, 5.74) is 1.36. The Labute approximate surface area is 138 Å². The molecule has 7 heteroatoms. The van der Waals surface area contributed by atoms with Crippen LogP contribution in [0.4, 0.5) is 5.69 Å². The van der Waals surface area contributed by atoms with E-state index >= 15 is 0 Å². The molecular weight excluding hydrogens is 330 g/mol. The standard InChI is InChI=1S/C17H13NO5S/c19-17(13-2-1-3-14-16(13)23-8-7-22-14)18-12-5-4-11-6-9-24(20,21)15(11)10-12/h1-6,9-10H,7-8H2,(H,18,19). The Morgan fingerprint density at radius 1 is 1.08 bits per heavy atom. The average molecular weight is 343 g/mol. The molecule has 1 amide bonds. The molecule has 2 heterocycles. The van der Waals surface area contributed by atoms with E-state index in [2.05, 4.69) is 5.32 Å². The second-order valence-corrected chi connectivity index (χ2v) is 7.19. The molecule has 122 valence electrons. The maximum Gasteiger partial charge on any atom is 0.259 e. The van der Waals surface area contributed by atoms with E-state index in [4.69, 9.17) is 9.47 Å². The number of amides is 1. The van der Waals surface area contributed by atoms with Gasteiger partial charge < -0.3 is 14.8 Å². The third kappa shape index (κ3) is 2.43. The smallest absolute Gasteiger partial charge is 0.259 e. The molecule has 2 aromatic carbocycles. The van der Waals surface area contributed by atoms with Crippen molar-refractivity contribution in [1.82, 2.24) is 0 Å². The van der Waals surface area contributed by atoms with E-state index in [9.17, 15) is 13.2 Å². The summed E-state index contributed by atoms with van der Waals surface area (Å²) in [6.07, 6.45) is 1.54. The van der Waals surface area contributed by atoms with Gasteiger partial charge in [-0.05, 0) is 35.9 Å². The van der Waals surface area contributed by atoms with Gasteiger partial charge in [0.2, 0.25) is 9.84 Å². The molecule has 0 fully saturated rings. The number of hydrogen-bond acceptors (Lipinski definition) is 5. The first-order valence-corrected chi connectivity index (χ1v) is 8.86. The van der Waals surface area contributed by atoms with Crippen LogP contribution >= 0.6 is 0 Å². The lowest BCUT2D eigenvalue weighted by molar-refractivity contribution is 0.101. The molecule has 0 bridgehead atoms. The van der Waals surface area contributed by atoms with Crippen molar-refractivity contribution >= 4 is 27.5 Å². The lowest BCUT2D eigenvalue weighted by atomic mass is 10.1. The normalized spacial score (nSPS) is 16.5. The van der Waals surface area contributed by atoms with Gasteiger partial charge in [-0.25, -0.2) is 8.42 Å². The molecule has 0 saturated carbocycles. The van der Waals surface area contributed by atoms with Gasteiger partial charge >= 0.3 is 0 Å². The van der Waals surface area contributed by atoms with Crippen molar-refractivity contribution in [2.45, 2.75) is 4.90 Å². The summed E-state index contributed by atoms with van der Waals surface area (Å²) in [6.45, 7) is 0.813. The van der Waals surface area contributed by atoms with Crippen molar-refractivity contribution in [3.05, 3.63) is 52.9 Å². The van der Waals surface area contributed by atoms with E-state index in [1.54, 1.807) is 30.3 Å². The van der Waals surface area contributed by atoms with E-state index in [0.29, 0.717) is 41.5 Å². The van der Waals surface area contributed by atoms with Crippen LogP contribution in [0, 0.1) is 0 Å². The van der Waals surface area contributed by atoms with Gasteiger partial charge in [-0.1, -0.05) is 12.1 Å². The third-order valence-corrected chi connectivity index (χ3v) is 5.28. The predicted octanol–water partition coefficient (Wildman–Crippen LogP) is 2.47. The van der Waals surface area contributed by atoms with Gasteiger partial charge in [0.1, 0.15) is 13.2 Å². The largest absolute Gasteiger partial charge is 0.486 e. The average Bonchev–Trinajstić information content (AvgIpc) is 2.89. The number of benzene rings is 2. The molecule has 24 heavy (non-hydrogen) atoms. The highest BCUT2D eigenvalue weighted by atomic mass is 32.2. The molecule has 0 aromatic heterocycles. The Hall–Kier alpha value is -2.80. The zero-order valence-electron chi connectivity index (χ0n) is 12.5.